The second-order valence-corrected chi connectivity index (χ2v) is 9.34. The number of carbonyl (C=O) groups excluding carboxylic acids is 1. The van der Waals surface area contributed by atoms with Crippen LogP contribution in [-0.4, -0.2) is 12.1 Å². The Morgan fingerprint density at radius 2 is 1.85 bits per heavy atom. The van der Waals surface area contributed by atoms with Crippen LogP contribution in [0.3, 0.4) is 0 Å². The molecule has 0 spiro atoms. The first-order valence-corrected chi connectivity index (χ1v) is 12.3. The first-order valence-electron chi connectivity index (χ1n) is 11.5. The molecule has 0 saturated heterocycles. The molecule has 0 radical (unpaired) electrons. The molecule has 0 unspecified atom stereocenters. The van der Waals surface area contributed by atoms with E-state index in [1.807, 2.05) is 72.9 Å². The van der Waals surface area contributed by atoms with E-state index in [-0.39, 0.29) is 5.91 Å². The highest BCUT2D eigenvalue weighted by molar-refractivity contribution is 7.16. The monoisotopic (exact) mass is 470 g/mol. The maximum Gasteiger partial charge on any atom is 0.255 e. The van der Waals surface area contributed by atoms with E-state index in [9.17, 15) is 4.79 Å². The molecule has 2 aromatic carbocycles. The highest BCUT2D eigenvalue weighted by atomic mass is 32.1. The van der Waals surface area contributed by atoms with Gasteiger partial charge in [0.1, 0.15) is 23.1 Å². The fourth-order valence-electron chi connectivity index (χ4n) is 4.07. The molecule has 0 bridgehead atoms. The van der Waals surface area contributed by atoms with Crippen LogP contribution in [0.5, 0.6) is 5.75 Å². The highest BCUT2D eigenvalue weighted by Crippen LogP contribution is 2.39. The van der Waals surface area contributed by atoms with Gasteiger partial charge in [-0.2, -0.15) is 0 Å². The average Bonchev–Trinajstić information content (AvgIpc) is 3.54. The average molecular weight is 471 g/mol. The molecule has 0 atom stereocenters. The van der Waals surface area contributed by atoms with Crippen LogP contribution in [0.15, 0.2) is 82.4 Å². The van der Waals surface area contributed by atoms with Crippen molar-refractivity contribution in [3.63, 3.8) is 0 Å². The normalized spacial score (nSPS) is 13.1. The van der Waals surface area contributed by atoms with Gasteiger partial charge in [0.05, 0.1) is 18.4 Å². The summed E-state index contributed by atoms with van der Waals surface area (Å²) >= 11 is 1.63. The third-order valence-corrected chi connectivity index (χ3v) is 7.04. The standard InChI is InChI=1S/C28H26N2O3S/c31-27(29-18-23-9-6-16-32-23)26-24-10-4-5-11-25(24)34-28(26)30-17-20-12-14-22(15-13-20)33-19-21-7-2-1-3-8-21/h1-3,6-9,12-17H,4-5,10-11,18-19H2,(H,29,31)/b30-17-. The molecule has 0 aliphatic heterocycles. The molecule has 1 aliphatic rings. The van der Waals surface area contributed by atoms with Gasteiger partial charge in [-0.15, -0.1) is 11.3 Å². The summed E-state index contributed by atoms with van der Waals surface area (Å²) in [5.74, 6) is 1.45. The maximum absolute atomic E-state index is 13.1. The van der Waals surface area contributed by atoms with E-state index >= 15 is 0 Å². The zero-order chi connectivity index (χ0) is 23.2. The third-order valence-electron chi connectivity index (χ3n) is 5.84. The number of hydrogen-bond acceptors (Lipinski definition) is 5. The Labute approximate surface area is 203 Å². The van der Waals surface area contributed by atoms with Crippen molar-refractivity contribution in [2.45, 2.75) is 38.8 Å². The highest BCUT2D eigenvalue weighted by Gasteiger charge is 2.25. The first kappa shape index (κ1) is 22.2. The Morgan fingerprint density at radius 3 is 2.65 bits per heavy atom. The van der Waals surface area contributed by atoms with Gasteiger partial charge >= 0.3 is 0 Å². The van der Waals surface area contributed by atoms with Crippen LogP contribution >= 0.6 is 11.3 Å². The molecule has 34 heavy (non-hydrogen) atoms. The summed E-state index contributed by atoms with van der Waals surface area (Å²) in [6.07, 6.45) is 7.65. The maximum atomic E-state index is 13.1. The molecule has 172 valence electrons. The lowest BCUT2D eigenvalue weighted by Gasteiger charge is -2.12. The number of rotatable bonds is 8. The number of ether oxygens (including phenoxy) is 1. The summed E-state index contributed by atoms with van der Waals surface area (Å²) < 4.78 is 11.2. The number of nitrogens with zero attached hydrogens (tertiary/aromatic N) is 1. The van der Waals surface area contributed by atoms with E-state index in [1.165, 1.54) is 4.88 Å². The van der Waals surface area contributed by atoms with E-state index in [0.29, 0.717) is 18.7 Å². The van der Waals surface area contributed by atoms with Gasteiger partial charge in [0.15, 0.2) is 0 Å². The quantitative estimate of drug-likeness (QED) is 0.300. The summed E-state index contributed by atoms with van der Waals surface area (Å²) in [5.41, 5.74) is 3.96. The number of amides is 1. The molecule has 1 aliphatic carbocycles. The van der Waals surface area contributed by atoms with Crippen molar-refractivity contribution in [1.82, 2.24) is 5.32 Å². The molecule has 1 N–H and O–H groups in total. The second kappa shape index (κ2) is 10.5. The first-order chi connectivity index (χ1) is 16.8. The summed E-state index contributed by atoms with van der Waals surface area (Å²) in [4.78, 5) is 19.1. The topological polar surface area (TPSA) is 63.8 Å². The Balaban J connectivity index is 1.29. The van der Waals surface area contributed by atoms with E-state index < -0.39 is 0 Å². The molecule has 6 heteroatoms. The molecule has 5 nitrogen and oxygen atoms in total. The molecule has 0 saturated carbocycles. The van der Waals surface area contributed by atoms with Crippen LogP contribution in [0.2, 0.25) is 0 Å². The molecule has 0 fully saturated rings. The summed E-state index contributed by atoms with van der Waals surface area (Å²) in [5, 5.41) is 3.77. The van der Waals surface area contributed by atoms with Gasteiger partial charge in [0.2, 0.25) is 0 Å². The lowest BCUT2D eigenvalue weighted by atomic mass is 9.95. The van der Waals surface area contributed by atoms with Crippen LogP contribution in [-0.2, 0) is 26.0 Å². The van der Waals surface area contributed by atoms with Crippen LogP contribution in [0.25, 0.3) is 0 Å². The number of aliphatic imine (C=N–C) groups is 1. The zero-order valence-corrected chi connectivity index (χ0v) is 19.6. The van der Waals surface area contributed by atoms with Gasteiger partial charge in [-0.25, -0.2) is 4.99 Å². The third kappa shape index (κ3) is 5.29. The number of benzene rings is 2. The fourth-order valence-corrected chi connectivity index (χ4v) is 5.30. The van der Waals surface area contributed by atoms with E-state index in [2.05, 4.69) is 5.32 Å². The van der Waals surface area contributed by atoms with Crippen molar-refractivity contribution in [2.24, 2.45) is 4.99 Å². The van der Waals surface area contributed by atoms with E-state index in [4.69, 9.17) is 14.1 Å². The SMILES string of the molecule is O=C(NCc1ccco1)c1c(/N=C\c2ccc(OCc3ccccc3)cc2)sc2c1CCCC2. The lowest BCUT2D eigenvalue weighted by molar-refractivity contribution is 0.0948. The summed E-state index contributed by atoms with van der Waals surface area (Å²) in [6.45, 7) is 0.898. The van der Waals surface area contributed by atoms with Crippen LogP contribution < -0.4 is 10.1 Å². The molecule has 2 heterocycles. The number of furan rings is 1. The summed E-state index contributed by atoms with van der Waals surface area (Å²) in [6, 6.07) is 21.6. The van der Waals surface area contributed by atoms with Crippen LogP contribution in [0, 0.1) is 0 Å². The smallest absolute Gasteiger partial charge is 0.255 e. The van der Waals surface area contributed by atoms with Crippen molar-refractivity contribution in [3.05, 3.63) is 106 Å². The van der Waals surface area contributed by atoms with Gasteiger partial charge in [-0.05, 0) is 78.8 Å². The number of hydrogen-bond donors (Lipinski definition) is 1. The van der Waals surface area contributed by atoms with Crippen molar-refractivity contribution in [2.75, 3.05) is 0 Å². The Morgan fingerprint density at radius 1 is 1.03 bits per heavy atom. The molecular formula is C28H26N2O3S. The predicted molar refractivity (Wildman–Crippen MR) is 135 cm³/mol. The number of carbonyl (C=O) groups is 1. The van der Waals surface area contributed by atoms with Gasteiger partial charge in [0.25, 0.3) is 5.91 Å². The van der Waals surface area contributed by atoms with Crippen molar-refractivity contribution in [3.8, 4) is 5.75 Å². The van der Waals surface area contributed by atoms with Gasteiger partial charge < -0.3 is 14.5 Å². The minimum absolute atomic E-state index is 0.0902. The Hall–Kier alpha value is -3.64. The van der Waals surface area contributed by atoms with Gasteiger partial charge in [-0.1, -0.05) is 30.3 Å². The largest absolute Gasteiger partial charge is 0.489 e. The minimum atomic E-state index is -0.0902. The Kier molecular flexibility index (Phi) is 6.86. The van der Waals surface area contributed by atoms with Gasteiger partial charge in [-0.3, -0.25) is 4.79 Å². The number of aryl methyl sites for hydroxylation is 1. The van der Waals surface area contributed by atoms with Gasteiger partial charge in [0, 0.05) is 11.1 Å². The number of thiophene rings is 1. The van der Waals surface area contributed by atoms with E-state index in [1.54, 1.807) is 17.6 Å². The Bertz CT molecular complexity index is 1260. The number of nitrogens with one attached hydrogen (secondary N) is 1. The predicted octanol–water partition coefficient (Wildman–Crippen LogP) is 6.48. The molecule has 5 rings (SSSR count). The minimum Gasteiger partial charge on any atom is -0.489 e. The molecule has 1 amide bonds. The zero-order valence-electron chi connectivity index (χ0n) is 18.8. The molecule has 4 aromatic rings. The fraction of sp³-hybridized carbons (Fsp3) is 0.214. The van der Waals surface area contributed by atoms with Crippen LogP contribution in [0.4, 0.5) is 5.00 Å². The second-order valence-electron chi connectivity index (χ2n) is 8.25. The van der Waals surface area contributed by atoms with Crippen molar-refractivity contribution in [1.29, 1.82) is 0 Å². The van der Waals surface area contributed by atoms with E-state index in [0.717, 1.165) is 58.9 Å². The van der Waals surface area contributed by atoms with Crippen molar-refractivity contribution >= 4 is 28.5 Å². The number of fused-ring (bicyclic) bond motifs is 1. The van der Waals surface area contributed by atoms with Crippen molar-refractivity contribution < 1.29 is 13.9 Å². The summed E-state index contributed by atoms with van der Waals surface area (Å²) in [7, 11) is 0. The molecular weight excluding hydrogens is 444 g/mol. The molecule has 2 aromatic heterocycles. The van der Waals surface area contributed by atoms with Crippen LogP contribution in [0.1, 0.15) is 50.5 Å². The lowest BCUT2D eigenvalue weighted by Crippen LogP contribution is -2.23.